The number of fused-ring (bicyclic) bond motifs is 1. The fourth-order valence-corrected chi connectivity index (χ4v) is 5.01. The minimum atomic E-state index is -4.11. The van der Waals surface area contributed by atoms with E-state index >= 15 is 0 Å². The summed E-state index contributed by atoms with van der Waals surface area (Å²) in [6.45, 7) is 1.71. The van der Waals surface area contributed by atoms with E-state index in [9.17, 15) is 13.2 Å². The van der Waals surface area contributed by atoms with Crippen LogP contribution in [0.5, 0.6) is 0 Å². The molecule has 10 heteroatoms. The maximum Gasteiger partial charge on any atom is 0.265 e. The van der Waals surface area contributed by atoms with Gasteiger partial charge in [-0.25, -0.2) is 8.42 Å². The third kappa shape index (κ3) is 4.10. The van der Waals surface area contributed by atoms with Crippen LogP contribution in [0.15, 0.2) is 47.4 Å². The smallest absolute Gasteiger partial charge is 0.265 e. The molecule has 28 heavy (non-hydrogen) atoms. The summed E-state index contributed by atoms with van der Waals surface area (Å²) < 4.78 is 33.3. The summed E-state index contributed by atoms with van der Waals surface area (Å²) in [4.78, 5) is 12.6. The van der Waals surface area contributed by atoms with Gasteiger partial charge >= 0.3 is 0 Å². The standard InChI is InChI=1S/C18H16Cl2N2O4S2/c1-11(27)26-9-8-17-18(23)21-15-4-2-3-5-16(15)22(17)28(24,25)12-6-7-13(19)14(20)10-12/h2-7,10,17H,8-9H2,1H3,(H,21,23). The molecule has 0 saturated carbocycles. The molecule has 1 amide bonds. The quantitative estimate of drug-likeness (QED) is 0.677. The minimum absolute atomic E-state index is 0.0664. The zero-order valence-corrected chi connectivity index (χ0v) is 17.8. The Hall–Kier alpha value is -1.87. The summed E-state index contributed by atoms with van der Waals surface area (Å²) in [5.41, 5.74) is 0.761. The maximum absolute atomic E-state index is 13.4. The lowest BCUT2D eigenvalue weighted by Crippen LogP contribution is -2.51. The number of nitrogens with one attached hydrogen (secondary N) is 1. The molecular weight excluding hydrogens is 443 g/mol. The van der Waals surface area contributed by atoms with Crippen LogP contribution in [-0.4, -0.2) is 32.0 Å². The zero-order chi connectivity index (χ0) is 20.5. The molecule has 1 unspecified atom stereocenters. The van der Waals surface area contributed by atoms with Gasteiger partial charge in [-0.05, 0) is 42.5 Å². The van der Waals surface area contributed by atoms with Gasteiger partial charge in [-0.1, -0.05) is 35.3 Å². The van der Waals surface area contributed by atoms with Gasteiger partial charge in [0.25, 0.3) is 10.0 Å². The first-order valence-electron chi connectivity index (χ1n) is 8.24. The van der Waals surface area contributed by atoms with Gasteiger partial charge in [0.15, 0.2) is 5.05 Å². The van der Waals surface area contributed by atoms with Crippen LogP contribution in [0, 0.1) is 0 Å². The molecule has 2 aromatic rings. The maximum atomic E-state index is 13.4. The Bertz CT molecular complexity index is 1040. The van der Waals surface area contributed by atoms with Crippen LogP contribution in [0.3, 0.4) is 0 Å². The Morgan fingerprint density at radius 1 is 1.21 bits per heavy atom. The summed E-state index contributed by atoms with van der Waals surface area (Å²) in [6, 6.07) is 9.69. The van der Waals surface area contributed by atoms with Crippen LogP contribution in [0.2, 0.25) is 10.0 Å². The summed E-state index contributed by atoms with van der Waals surface area (Å²) in [7, 11) is -4.11. The number of hydrogen-bond acceptors (Lipinski definition) is 5. The number of nitrogens with zero attached hydrogens (tertiary/aromatic N) is 1. The third-order valence-corrected chi connectivity index (χ3v) is 6.81. The SMILES string of the molecule is CC(=S)OCCC1C(=O)Nc2ccccc2N1S(=O)(=O)c1ccc(Cl)c(Cl)c1. The first kappa shape index (κ1) is 20.9. The van der Waals surface area contributed by atoms with E-state index in [2.05, 4.69) is 5.32 Å². The van der Waals surface area contributed by atoms with E-state index in [4.69, 9.17) is 40.2 Å². The molecule has 0 aliphatic carbocycles. The molecule has 2 aromatic carbocycles. The number of anilines is 2. The van der Waals surface area contributed by atoms with Crippen molar-refractivity contribution in [3.63, 3.8) is 0 Å². The lowest BCUT2D eigenvalue weighted by atomic mass is 10.1. The highest BCUT2D eigenvalue weighted by Gasteiger charge is 2.40. The van der Waals surface area contributed by atoms with E-state index in [0.29, 0.717) is 16.4 Å². The Labute approximate surface area is 178 Å². The van der Waals surface area contributed by atoms with E-state index < -0.39 is 22.0 Å². The molecule has 0 saturated heterocycles. The molecule has 1 heterocycles. The number of sulfonamides is 1. The normalized spacial score (nSPS) is 16.3. The molecule has 148 valence electrons. The van der Waals surface area contributed by atoms with E-state index in [1.165, 1.54) is 18.2 Å². The summed E-state index contributed by atoms with van der Waals surface area (Å²) in [5, 5.41) is 3.40. The summed E-state index contributed by atoms with van der Waals surface area (Å²) in [5.74, 6) is -0.451. The van der Waals surface area contributed by atoms with Gasteiger partial charge in [-0.15, -0.1) is 0 Å². The van der Waals surface area contributed by atoms with Crippen molar-refractivity contribution in [3.8, 4) is 0 Å². The third-order valence-electron chi connectivity index (χ3n) is 4.13. The van der Waals surface area contributed by atoms with Crippen molar-refractivity contribution in [2.24, 2.45) is 0 Å². The second kappa shape index (κ2) is 8.24. The van der Waals surface area contributed by atoms with Crippen molar-refractivity contribution in [2.45, 2.75) is 24.3 Å². The molecule has 3 rings (SSSR count). The highest BCUT2D eigenvalue weighted by atomic mass is 35.5. The van der Waals surface area contributed by atoms with Gasteiger partial charge in [0.1, 0.15) is 6.04 Å². The van der Waals surface area contributed by atoms with Gasteiger partial charge in [0.05, 0.1) is 32.9 Å². The van der Waals surface area contributed by atoms with Crippen LogP contribution in [0.25, 0.3) is 0 Å². The lowest BCUT2D eigenvalue weighted by Gasteiger charge is -2.37. The first-order chi connectivity index (χ1) is 13.2. The summed E-state index contributed by atoms with van der Waals surface area (Å²) in [6.07, 6.45) is 0.120. The number of halogens is 2. The van der Waals surface area contributed by atoms with E-state index in [0.717, 1.165) is 4.31 Å². The number of ether oxygens (including phenoxy) is 1. The van der Waals surface area contributed by atoms with Crippen LogP contribution in [0.1, 0.15) is 13.3 Å². The average molecular weight is 459 g/mol. The van der Waals surface area contributed by atoms with Gasteiger partial charge in [-0.2, -0.15) is 0 Å². The van der Waals surface area contributed by atoms with Gasteiger partial charge < -0.3 is 10.1 Å². The van der Waals surface area contributed by atoms with Crippen LogP contribution < -0.4 is 9.62 Å². The number of para-hydroxylation sites is 2. The Morgan fingerprint density at radius 3 is 2.61 bits per heavy atom. The van der Waals surface area contributed by atoms with E-state index in [-0.39, 0.29) is 28.0 Å². The molecule has 1 N–H and O–H groups in total. The largest absolute Gasteiger partial charge is 0.487 e. The van der Waals surface area contributed by atoms with Crippen molar-refractivity contribution in [1.29, 1.82) is 0 Å². The fourth-order valence-electron chi connectivity index (χ4n) is 2.87. The number of amides is 1. The highest BCUT2D eigenvalue weighted by molar-refractivity contribution is 7.93. The minimum Gasteiger partial charge on any atom is -0.487 e. The number of thiocarbonyl (C=S) groups is 1. The second-order valence-corrected chi connectivity index (χ2v) is 9.23. The van der Waals surface area contributed by atoms with Crippen LogP contribution in [-0.2, 0) is 19.6 Å². The van der Waals surface area contributed by atoms with E-state index in [1.807, 2.05) is 0 Å². The van der Waals surface area contributed by atoms with Crippen LogP contribution in [0.4, 0.5) is 11.4 Å². The van der Waals surface area contributed by atoms with Crippen molar-refractivity contribution < 1.29 is 17.9 Å². The molecule has 0 spiro atoms. The molecule has 1 atom stereocenters. The van der Waals surface area contributed by atoms with E-state index in [1.54, 1.807) is 31.2 Å². The van der Waals surface area contributed by atoms with Gasteiger partial charge in [0.2, 0.25) is 5.91 Å². The molecule has 1 aliphatic rings. The molecule has 0 bridgehead atoms. The number of hydrogen-bond donors (Lipinski definition) is 1. The Balaban J connectivity index is 2.09. The number of carbonyl (C=O) groups excluding carboxylic acids is 1. The van der Waals surface area contributed by atoms with Crippen molar-refractivity contribution >= 4 is 67.8 Å². The molecule has 0 fully saturated rings. The molecule has 0 aromatic heterocycles. The Morgan fingerprint density at radius 2 is 1.93 bits per heavy atom. The number of benzene rings is 2. The Kier molecular flexibility index (Phi) is 6.14. The number of rotatable bonds is 5. The van der Waals surface area contributed by atoms with Gasteiger partial charge in [-0.3, -0.25) is 9.10 Å². The molecule has 1 aliphatic heterocycles. The zero-order valence-electron chi connectivity index (χ0n) is 14.7. The lowest BCUT2D eigenvalue weighted by molar-refractivity contribution is -0.117. The molecule has 6 nitrogen and oxygen atoms in total. The molecule has 0 radical (unpaired) electrons. The topological polar surface area (TPSA) is 75.7 Å². The van der Waals surface area contributed by atoms with Crippen molar-refractivity contribution in [1.82, 2.24) is 0 Å². The second-order valence-electron chi connectivity index (χ2n) is 6.03. The number of carbonyl (C=O) groups is 1. The van der Waals surface area contributed by atoms with Crippen LogP contribution >= 0.6 is 35.4 Å². The predicted octanol–water partition coefficient (Wildman–Crippen LogP) is 4.26. The predicted molar refractivity (Wildman–Crippen MR) is 114 cm³/mol. The van der Waals surface area contributed by atoms with Crippen molar-refractivity contribution in [3.05, 3.63) is 52.5 Å². The van der Waals surface area contributed by atoms with Crippen molar-refractivity contribution in [2.75, 3.05) is 16.2 Å². The molecular formula is C18H16Cl2N2O4S2. The monoisotopic (exact) mass is 458 g/mol. The van der Waals surface area contributed by atoms with Gasteiger partial charge in [0, 0.05) is 13.3 Å². The highest BCUT2D eigenvalue weighted by Crippen LogP contribution is 2.38. The summed E-state index contributed by atoms with van der Waals surface area (Å²) >= 11 is 16.8. The first-order valence-corrected chi connectivity index (χ1v) is 10.8. The average Bonchev–Trinajstić information content (AvgIpc) is 2.63. The fraction of sp³-hybridized carbons (Fsp3) is 0.222.